The van der Waals surface area contributed by atoms with E-state index in [-0.39, 0.29) is 11.3 Å². The highest BCUT2D eigenvalue weighted by Crippen LogP contribution is 2.30. The van der Waals surface area contributed by atoms with Crippen molar-refractivity contribution in [3.05, 3.63) is 64.6 Å². The van der Waals surface area contributed by atoms with Gasteiger partial charge in [0.25, 0.3) is 0 Å². The van der Waals surface area contributed by atoms with E-state index in [1.807, 2.05) is 0 Å². The second kappa shape index (κ2) is 5.57. The second-order valence-electron chi connectivity index (χ2n) is 3.78. The van der Waals surface area contributed by atoms with Gasteiger partial charge in [0.1, 0.15) is 0 Å². The molecule has 19 heavy (non-hydrogen) atoms. The molecule has 0 radical (unpaired) electrons. The predicted octanol–water partition coefficient (Wildman–Crippen LogP) is 5.13. The Morgan fingerprint density at radius 2 is 1.47 bits per heavy atom. The van der Waals surface area contributed by atoms with E-state index >= 15 is 0 Å². The van der Waals surface area contributed by atoms with Gasteiger partial charge in [0.2, 0.25) is 0 Å². The maximum absolute atomic E-state index is 13.1. The van der Waals surface area contributed by atoms with Gasteiger partial charge >= 0.3 is 6.18 Å². The van der Waals surface area contributed by atoms with E-state index in [0.29, 0.717) is 4.47 Å². The topological polar surface area (TPSA) is 12.4 Å². The third-order valence-electron chi connectivity index (χ3n) is 2.40. The molecule has 2 rings (SSSR count). The highest BCUT2D eigenvalue weighted by atomic mass is 79.9. The Morgan fingerprint density at radius 3 is 2.05 bits per heavy atom. The number of halogens is 4. The minimum atomic E-state index is -4.50. The number of aliphatic imine (C=N–C) groups is 1. The Hall–Kier alpha value is -1.62. The van der Waals surface area contributed by atoms with E-state index in [1.165, 1.54) is 18.2 Å². The standard InChI is InChI=1S/C14H9BrF3N/c15-11-8-4-5-9-12(11)19-13(14(16,17)18)10-6-2-1-3-7-10/h1-9H. The average Bonchev–Trinajstić information content (AvgIpc) is 2.37. The van der Waals surface area contributed by atoms with Gasteiger partial charge < -0.3 is 0 Å². The number of benzene rings is 2. The van der Waals surface area contributed by atoms with E-state index in [4.69, 9.17) is 0 Å². The molecule has 0 atom stereocenters. The first kappa shape index (κ1) is 13.8. The molecule has 2 aromatic rings. The van der Waals surface area contributed by atoms with Crippen molar-refractivity contribution in [3.63, 3.8) is 0 Å². The molecular weight excluding hydrogens is 319 g/mol. The van der Waals surface area contributed by atoms with Gasteiger partial charge in [-0.05, 0) is 28.1 Å². The van der Waals surface area contributed by atoms with Gasteiger partial charge in [-0.2, -0.15) is 13.2 Å². The van der Waals surface area contributed by atoms with Crippen LogP contribution in [0.15, 0.2) is 64.1 Å². The van der Waals surface area contributed by atoms with Crippen LogP contribution >= 0.6 is 15.9 Å². The molecular formula is C14H9BrF3N. The van der Waals surface area contributed by atoms with E-state index in [1.54, 1.807) is 36.4 Å². The molecule has 0 aliphatic carbocycles. The van der Waals surface area contributed by atoms with E-state index < -0.39 is 11.9 Å². The molecule has 0 N–H and O–H groups in total. The third-order valence-corrected chi connectivity index (χ3v) is 3.07. The van der Waals surface area contributed by atoms with Crippen LogP contribution in [0.3, 0.4) is 0 Å². The third kappa shape index (κ3) is 3.44. The lowest BCUT2D eigenvalue weighted by Crippen LogP contribution is -2.23. The fraction of sp³-hybridized carbons (Fsp3) is 0.0714. The smallest absolute Gasteiger partial charge is 0.242 e. The zero-order valence-electron chi connectivity index (χ0n) is 9.66. The Kier molecular flexibility index (Phi) is 4.04. The number of hydrogen-bond acceptors (Lipinski definition) is 1. The summed E-state index contributed by atoms with van der Waals surface area (Å²) in [6.45, 7) is 0. The first-order chi connectivity index (χ1) is 8.98. The Bertz CT molecular complexity index is 591. The zero-order chi connectivity index (χ0) is 13.9. The van der Waals surface area contributed by atoms with Crippen LogP contribution in [0.1, 0.15) is 5.56 Å². The summed E-state index contributed by atoms with van der Waals surface area (Å²) in [7, 11) is 0. The van der Waals surface area contributed by atoms with E-state index in [0.717, 1.165) is 0 Å². The first-order valence-electron chi connectivity index (χ1n) is 5.44. The largest absolute Gasteiger partial charge is 0.433 e. The summed E-state index contributed by atoms with van der Waals surface area (Å²) in [5, 5.41) is 0. The summed E-state index contributed by atoms with van der Waals surface area (Å²) in [5.74, 6) is 0. The Balaban J connectivity index is 2.55. The maximum Gasteiger partial charge on any atom is 0.433 e. The first-order valence-corrected chi connectivity index (χ1v) is 6.23. The van der Waals surface area contributed by atoms with Gasteiger partial charge in [-0.15, -0.1) is 0 Å². The van der Waals surface area contributed by atoms with Gasteiger partial charge in [0.05, 0.1) is 5.69 Å². The van der Waals surface area contributed by atoms with Gasteiger partial charge in [0.15, 0.2) is 5.71 Å². The van der Waals surface area contributed by atoms with Crippen molar-refractivity contribution in [1.82, 2.24) is 0 Å². The Labute approximate surface area is 116 Å². The van der Waals surface area contributed by atoms with Gasteiger partial charge in [-0.25, -0.2) is 4.99 Å². The molecule has 5 heteroatoms. The lowest BCUT2D eigenvalue weighted by molar-refractivity contribution is -0.0579. The highest BCUT2D eigenvalue weighted by Gasteiger charge is 2.36. The van der Waals surface area contributed by atoms with Crippen LogP contribution in [-0.2, 0) is 0 Å². The molecule has 0 amide bonds. The van der Waals surface area contributed by atoms with Gasteiger partial charge in [0, 0.05) is 10.0 Å². The van der Waals surface area contributed by atoms with Crippen molar-refractivity contribution in [2.24, 2.45) is 4.99 Å². The molecule has 0 fully saturated rings. The molecule has 98 valence electrons. The maximum atomic E-state index is 13.1. The second-order valence-corrected chi connectivity index (χ2v) is 4.63. The van der Waals surface area contributed by atoms with Crippen molar-refractivity contribution in [2.75, 3.05) is 0 Å². The average molecular weight is 328 g/mol. The van der Waals surface area contributed by atoms with E-state index in [2.05, 4.69) is 20.9 Å². The zero-order valence-corrected chi connectivity index (χ0v) is 11.2. The van der Waals surface area contributed by atoms with Crippen molar-refractivity contribution >= 4 is 27.3 Å². The minimum Gasteiger partial charge on any atom is -0.242 e. The highest BCUT2D eigenvalue weighted by molar-refractivity contribution is 9.10. The quantitative estimate of drug-likeness (QED) is 0.678. The number of rotatable bonds is 2. The SMILES string of the molecule is FC(F)(F)C(=Nc1ccccc1Br)c1ccccc1. The van der Waals surface area contributed by atoms with Crippen molar-refractivity contribution < 1.29 is 13.2 Å². The fourth-order valence-corrected chi connectivity index (χ4v) is 1.92. The summed E-state index contributed by atoms with van der Waals surface area (Å²) in [6.07, 6.45) is -4.50. The normalized spacial score (nSPS) is 12.5. The number of nitrogens with zero attached hydrogens (tertiary/aromatic N) is 1. The fourth-order valence-electron chi connectivity index (χ4n) is 1.55. The molecule has 0 aromatic heterocycles. The summed E-state index contributed by atoms with van der Waals surface area (Å²) in [4.78, 5) is 3.74. The lowest BCUT2D eigenvalue weighted by Gasteiger charge is -2.11. The van der Waals surface area contributed by atoms with Crippen LogP contribution in [0.4, 0.5) is 18.9 Å². The van der Waals surface area contributed by atoms with Crippen molar-refractivity contribution in [1.29, 1.82) is 0 Å². The van der Waals surface area contributed by atoms with Gasteiger partial charge in [-0.1, -0.05) is 42.5 Å². The Morgan fingerprint density at radius 1 is 0.895 bits per heavy atom. The molecule has 0 saturated carbocycles. The monoisotopic (exact) mass is 327 g/mol. The van der Waals surface area contributed by atoms with Gasteiger partial charge in [-0.3, -0.25) is 0 Å². The number of hydrogen-bond donors (Lipinski definition) is 0. The molecule has 0 saturated heterocycles. The molecule has 0 bridgehead atoms. The van der Waals surface area contributed by atoms with Crippen molar-refractivity contribution in [3.8, 4) is 0 Å². The molecule has 2 aromatic carbocycles. The predicted molar refractivity (Wildman–Crippen MR) is 72.8 cm³/mol. The van der Waals surface area contributed by atoms with Crippen LogP contribution < -0.4 is 0 Å². The number of alkyl halides is 3. The van der Waals surface area contributed by atoms with E-state index in [9.17, 15) is 13.2 Å². The molecule has 1 nitrogen and oxygen atoms in total. The minimum absolute atomic E-state index is 0.0470. The molecule has 0 aliphatic heterocycles. The summed E-state index contributed by atoms with van der Waals surface area (Å²) in [6, 6.07) is 14.1. The van der Waals surface area contributed by atoms with Crippen LogP contribution in [0, 0.1) is 0 Å². The molecule has 0 spiro atoms. The van der Waals surface area contributed by atoms with Crippen LogP contribution in [0.5, 0.6) is 0 Å². The van der Waals surface area contributed by atoms with Crippen LogP contribution in [0.25, 0.3) is 0 Å². The van der Waals surface area contributed by atoms with Crippen LogP contribution in [0.2, 0.25) is 0 Å². The number of para-hydroxylation sites is 1. The molecule has 0 unspecified atom stereocenters. The lowest BCUT2D eigenvalue weighted by atomic mass is 10.1. The van der Waals surface area contributed by atoms with Crippen molar-refractivity contribution in [2.45, 2.75) is 6.18 Å². The molecule has 0 heterocycles. The summed E-state index contributed by atoms with van der Waals surface area (Å²) >= 11 is 3.19. The summed E-state index contributed by atoms with van der Waals surface area (Å²) in [5.41, 5.74) is -0.607. The summed E-state index contributed by atoms with van der Waals surface area (Å²) < 4.78 is 39.8. The molecule has 0 aliphatic rings. The van der Waals surface area contributed by atoms with Crippen LogP contribution in [-0.4, -0.2) is 11.9 Å².